The van der Waals surface area contributed by atoms with Crippen LogP contribution in [0.5, 0.6) is 11.5 Å². The Labute approximate surface area is 277 Å². The van der Waals surface area contributed by atoms with E-state index < -0.39 is 0 Å². The van der Waals surface area contributed by atoms with E-state index in [4.69, 9.17) is 0 Å². The first-order valence-electron chi connectivity index (χ1n) is 16.4. The van der Waals surface area contributed by atoms with Crippen LogP contribution >= 0.6 is 0 Å². The number of benzene rings is 3. The summed E-state index contributed by atoms with van der Waals surface area (Å²) in [7, 11) is 0. The van der Waals surface area contributed by atoms with E-state index in [0.29, 0.717) is 48.6 Å². The molecule has 46 heavy (non-hydrogen) atoms. The summed E-state index contributed by atoms with van der Waals surface area (Å²) >= 11 is 0. The highest BCUT2D eigenvalue weighted by atomic mass is 16.3. The van der Waals surface area contributed by atoms with E-state index in [0.717, 1.165) is 33.4 Å². The Hall–Kier alpha value is -3.80. The van der Waals surface area contributed by atoms with Crippen LogP contribution in [0.2, 0.25) is 0 Å². The molecule has 0 atom stereocenters. The Bertz CT molecular complexity index is 1370. The minimum atomic E-state index is -0.226. The number of carbonyl (C=O) groups is 2. The van der Waals surface area contributed by atoms with Crippen molar-refractivity contribution in [3.05, 3.63) is 81.9 Å². The molecule has 0 radical (unpaired) electrons. The number of hydrogen-bond donors (Lipinski definition) is 4. The number of rotatable bonds is 8. The second-order valence-corrected chi connectivity index (χ2v) is 16.8. The summed E-state index contributed by atoms with van der Waals surface area (Å²) in [6.45, 7) is 25.0. The van der Waals surface area contributed by atoms with Gasteiger partial charge in [0.2, 0.25) is 11.8 Å². The summed E-state index contributed by atoms with van der Waals surface area (Å²) in [4.78, 5) is 25.7. The molecular weight excluding hydrogens is 572 g/mol. The summed E-state index contributed by atoms with van der Waals surface area (Å²) in [5.41, 5.74) is 6.03. The number of phenols is 2. The molecule has 0 aromatic heterocycles. The van der Waals surface area contributed by atoms with E-state index in [1.54, 1.807) is 24.3 Å². The van der Waals surface area contributed by atoms with Crippen molar-refractivity contribution in [2.45, 2.75) is 130 Å². The Morgan fingerprint density at radius 1 is 0.500 bits per heavy atom. The number of anilines is 2. The van der Waals surface area contributed by atoms with Gasteiger partial charge in [0.05, 0.1) is 0 Å². The topological polar surface area (TPSA) is 98.7 Å². The number of amides is 2. The van der Waals surface area contributed by atoms with Gasteiger partial charge in [-0.3, -0.25) is 9.59 Å². The van der Waals surface area contributed by atoms with E-state index in [1.165, 1.54) is 0 Å². The van der Waals surface area contributed by atoms with Crippen molar-refractivity contribution in [3.8, 4) is 11.5 Å². The van der Waals surface area contributed by atoms with Crippen molar-refractivity contribution >= 4 is 23.2 Å². The van der Waals surface area contributed by atoms with Crippen LogP contribution in [-0.4, -0.2) is 22.0 Å². The van der Waals surface area contributed by atoms with Crippen LogP contribution in [0.15, 0.2) is 48.5 Å². The zero-order chi connectivity index (χ0) is 34.8. The van der Waals surface area contributed by atoms with Crippen LogP contribution in [-0.2, 0) is 44.1 Å². The standard InChI is InChI=1S/C40H56N2O4/c1-37(2,3)29-21-25(22-30(35(29)45)38(4,5)6)13-19-33(43)41-27-15-17-28(18-16-27)42-34(44)20-14-26-23-31(39(7,8)9)36(46)32(24-26)40(10,11)12/h15-18,21-24,45-46H,13-14,19-20H2,1-12H3,(H,41,43)(H,42,44). The van der Waals surface area contributed by atoms with Crippen LogP contribution in [0, 0.1) is 0 Å². The Morgan fingerprint density at radius 2 is 0.739 bits per heavy atom. The summed E-state index contributed by atoms with van der Waals surface area (Å²) in [6, 6.07) is 15.2. The Morgan fingerprint density at radius 3 is 0.957 bits per heavy atom. The van der Waals surface area contributed by atoms with Crippen LogP contribution in [0.3, 0.4) is 0 Å². The molecule has 0 unspecified atom stereocenters. The quantitative estimate of drug-likeness (QED) is 0.200. The molecule has 0 aliphatic carbocycles. The minimum absolute atomic E-state index is 0.0994. The molecule has 0 aliphatic rings. The van der Waals surface area contributed by atoms with E-state index in [-0.39, 0.29) is 33.5 Å². The number of aryl methyl sites for hydroxylation is 2. The van der Waals surface area contributed by atoms with Crippen LogP contribution < -0.4 is 10.6 Å². The molecule has 0 aliphatic heterocycles. The zero-order valence-electron chi connectivity index (χ0n) is 30.2. The van der Waals surface area contributed by atoms with Crippen molar-refractivity contribution in [3.63, 3.8) is 0 Å². The second kappa shape index (κ2) is 13.5. The number of hydrogen-bond acceptors (Lipinski definition) is 4. The van der Waals surface area contributed by atoms with Crippen molar-refractivity contribution < 1.29 is 19.8 Å². The molecule has 250 valence electrons. The molecule has 0 heterocycles. The Balaban J connectivity index is 1.61. The van der Waals surface area contributed by atoms with Gasteiger partial charge >= 0.3 is 0 Å². The maximum Gasteiger partial charge on any atom is 0.224 e. The normalized spacial score (nSPS) is 12.6. The van der Waals surface area contributed by atoms with Crippen molar-refractivity contribution in [2.24, 2.45) is 0 Å². The molecule has 0 saturated heterocycles. The van der Waals surface area contributed by atoms with Gasteiger partial charge in [-0.1, -0.05) is 107 Å². The van der Waals surface area contributed by atoms with Gasteiger partial charge in [0, 0.05) is 24.2 Å². The third kappa shape index (κ3) is 9.60. The van der Waals surface area contributed by atoms with E-state index >= 15 is 0 Å². The summed E-state index contributed by atoms with van der Waals surface area (Å²) in [5.74, 6) is 0.477. The molecule has 0 spiro atoms. The summed E-state index contributed by atoms with van der Waals surface area (Å²) in [5, 5.41) is 27.9. The molecule has 0 saturated carbocycles. The van der Waals surface area contributed by atoms with Gasteiger partial charge in [-0.2, -0.15) is 0 Å². The molecule has 0 fully saturated rings. The molecular formula is C40H56N2O4. The first-order chi connectivity index (χ1) is 21.0. The maximum absolute atomic E-state index is 12.8. The predicted molar refractivity (Wildman–Crippen MR) is 191 cm³/mol. The first kappa shape index (κ1) is 36.7. The highest BCUT2D eigenvalue weighted by molar-refractivity contribution is 5.93. The number of aromatic hydroxyl groups is 2. The summed E-state index contributed by atoms with van der Waals surface area (Å²) < 4.78 is 0. The molecule has 3 rings (SSSR count). The van der Waals surface area contributed by atoms with Gasteiger partial charge in [-0.05, 0) is 92.1 Å². The van der Waals surface area contributed by atoms with Gasteiger partial charge in [0.25, 0.3) is 0 Å². The number of carbonyl (C=O) groups excluding carboxylic acids is 2. The average molecular weight is 629 g/mol. The lowest BCUT2D eigenvalue weighted by molar-refractivity contribution is -0.117. The van der Waals surface area contributed by atoms with E-state index in [2.05, 4.69) is 93.7 Å². The SMILES string of the molecule is CC(C)(C)c1cc(CCC(=O)Nc2ccc(NC(=O)CCc3cc(C(C)(C)C)c(O)c(C(C)(C)C)c3)cc2)cc(C(C)(C)C)c1O. The lowest BCUT2D eigenvalue weighted by Gasteiger charge is -2.28. The first-order valence-corrected chi connectivity index (χ1v) is 16.4. The fraction of sp³-hybridized carbons (Fsp3) is 0.500. The molecule has 4 N–H and O–H groups in total. The highest BCUT2D eigenvalue weighted by Gasteiger charge is 2.28. The molecule has 3 aromatic carbocycles. The third-order valence-electron chi connectivity index (χ3n) is 8.31. The van der Waals surface area contributed by atoms with E-state index in [1.807, 2.05) is 24.3 Å². The largest absolute Gasteiger partial charge is 0.507 e. The van der Waals surface area contributed by atoms with Crippen molar-refractivity contribution in [1.82, 2.24) is 0 Å². The van der Waals surface area contributed by atoms with E-state index in [9.17, 15) is 19.8 Å². The molecule has 2 amide bonds. The zero-order valence-corrected chi connectivity index (χ0v) is 30.2. The summed E-state index contributed by atoms with van der Waals surface area (Å²) in [6.07, 6.45) is 1.73. The van der Waals surface area contributed by atoms with Crippen molar-refractivity contribution in [2.75, 3.05) is 10.6 Å². The van der Waals surface area contributed by atoms with Crippen molar-refractivity contribution in [1.29, 1.82) is 0 Å². The molecule has 3 aromatic rings. The number of nitrogens with one attached hydrogen (secondary N) is 2. The average Bonchev–Trinajstić information content (AvgIpc) is 2.90. The van der Waals surface area contributed by atoms with Gasteiger partial charge in [-0.15, -0.1) is 0 Å². The fourth-order valence-electron chi connectivity index (χ4n) is 5.56. The lowest BCUT2D eigenvalue weighted by atomic mass is 9.78. The third-order valence-corrected chi connectivity index (χ3v) is 8.31. The lowest BCUT2D eigenvalue weighted by Crippen LogP contribution is -2.18. The van der Waals surface area contributed by atoms with Gasteiger partial charge in [0.1, 0.15) is 11.5 Å². The molecule has 6 heteroatoms. The second-order valence-electron chi connectivity index (χ2n) is 16.8. The van der Waals surface area contributed by atoms with Gasteiger partial charge in [-0.25, -0.2) is 0 Å². The fourth-order valence-corrected chi connectivity index (χ4v) is 5.56. The van der Waals surface area contributed by atoms with Crippen LogP contribution in [0.4, 0.5) is 11.4 Å². The molecule has 6 nitrogen and oxygen atoms in total. The Kier molecular flexibility index (Phi) is 10.8. The van der Waals surface area contributed by atoms with Gasteiger partial charge in [0.15, 0.2) is 0 Å². The van der Waals surface area contributed by atoms with Gasteiger partial charge < -0.3 is 20.8 Å². The number of phenolic OH excluding ortho intramolecular Hbond substituents is 2. The molecule has 0 bridgehead atoms. The maximum atomic E-state index is 12.8. The highest BCUT2D eigenvalue weighted by Crippen LogP contribution is 2.41. The predicted octanol–water partition coefficient (Wildman–Crippen LogP) is 9.43. The van der Waals surface area contributed by atoms with Crippen LogP contribution in [0.25, 0.3) is 0 Å². The minimum Gasteiger partial charge on any atom is -0.507 e. The monoisotopic (exact) mass is 628 g/mol. The smallest absolute Gasteiger partial charge is 0.224 e. The van der Waals surface area contributed by atoms with Crippen LogP contribution in [0.1, 0.15) is 129 Å².